The van der Waals surface area contributed by atoms with Gasteiger partial charge in [-0.05, 0) is 28.9 Å². The number of halogens is 1. The van der Waals surface area contributed by atoms with Crippen molar-refractivity contribution < 1.29 is 23.8 Å². The Morgan fingerprint density at radius 1 is 1.56 bits per heavy atom. The van der Waals surface area contributed by atoms with Gasteiger partial charge in [0.25, 0.3) is 5.91 Å². The van der Waals surface area contributed by atoms with E-state index in [0.29, 0.717) is 10.2 Å². The molecule has 1 aromatic rings. The van der Waals surface area contributed by atoms with Crippen LogP contribution in [0.4, 0.5) is 0 Å². The Morgan fingerprint density at radius 2 is 2.22 bits per heavy atom. The SMILES string of the molecule is COCCN(CC(=O)O)C(=O)c1oc(Br)cc1C. The summed E-state index contributed by atoms with van der Waals surface area (Å²) in [4.78, 5) is 24.0. The van der Waals surface area contributed by atoms with Crippen LogP contribution in [-0.4, -0.2) is 48.7 Å². The highest BCUT2D eigenvalue weighted by Crippen LogP contribution is 2.20. The zero-order valence-electron chi connectivity index (χ0n) is 10.1. The van der Waals surface area contributed by atoms with Crippen molar-refractivity contribution in [1.82, 2.24) is 4.90 Å². The molecule has 1 rings (SSSR count). The van der Waals surface area contributed by atoms with Gasteiger partial charge < -0.3 is 19.2 Å². The third kappa shape index (κ3) is 3.85. The summed E-state index contributed by atoms with van der Waals surface area (Å²) in [6, 6.07) is 1.66. The van der Waals surface area contributed by atoms with Crippen molar-refractivity contribution in [1.29, 1.82) is 0 Å². The second-order valence-electron chi connectivity index (χ2n) is 3.68. The first-order valence-corrected chi connectivity index (χ1v) is 6.01. The number of furan rings is 1. The molecule has 1 N–H and O–H groups in total. The predicted octanol–water partition coefficient (Wildman–Crippen LogP) is 1.52. The topological polar surface area (TPSA) is 80.0 Å². The van der Waals surface area contributed by atoms with Crippen LogP contribution in [0.1, 0.15) is 16.1 Å². The van der Waals surface area contributed by atoms with Gasteiger partial charge in [-0.2, -0.15) is 0 Å². The van der Waals surface area contributed by atoms with Gasteiger partial charge in [0.05, 0.1) is 6.61 Å². The summed E-state index contributed by atoms with van der Waals surface area (Å²) in [7, 11) is 1.48. The van der Waals surface area contributed by atoms with Crippen LogP contribution in [0.2, 0.25) is 0 Å². The zero-order chi connectivity index (χ0) is 13.7. The summed E-state index contributed by atoms with van der Waals surface area (Å²) >= 11 is 3.13. The van der Waals surface area contributed by atoms with Crippen LogP contribution < -0.4 is 0 Å². The lowest BCUT2D eigenvalue weighted by Crippen LogP contribution is -2.38. The van der Waals surface area contributed by atoms with Gasteiger partial charge in [0.15, 0.2) is 10.4 Å². The van der Waals surface area contributed by atoms with E-state index in [1.54, 1.807) is 13.0 Å². The fourth-order valence-electron chi connectivity index (χ4n) is 1.42. The number of nitrogens with zero attached hydrogens (tertiary/aromatic N) is 1. The molecule has 100 valence electrons. The molecule has 1 aromatic heterocycles. The van der Waals surface area contributed by atoms with E-state index in [2.05, 4.69) is 15.9 Å². The molecule has 18 heavy (non-hydrogen) atoms. The second kappa shape index (κ2) is 6.55. The molecule has 6 nitrogen and oxygen atoms in total. The van der Waals surface area contributed by atoms with Crippen LogP contribution in [0.15, 0.2) is 15.2 Å². The smallest absolute Gasteiger partial charge is 0.323 e. The van der Waals surface area contributed by atoms with Crippen LogP contribution >= 0.6 is 15.9 Å². The quantitative estimate of drug-likeness (QED) is 0.860. The summed E-state index contributed by atoms with van der Waals surface area (Å²) in [5.41, 5.74) is 0.652. The van der Waals surface area contributed by atoms with Gasteiger partial charge in [0, 0.05) is 19.2 Å². The fourth-order valence-corrected chi connectivity index (χ4v) is 1.92. The molecule has 0 bridgehead atoms. The maximum absolute atomic E-state index is 12.1. The van der Waals surface area contributed by atoms with E-state index in [0.717, 1.165) is 0 Å². The minimum Gasteiger partial charge on any atom is -0.480 e. The average molecular weight is 320 g/mol. The third-order valence-corrected chi connectivity index (χ3v) is 2.65. The zero-order valence-corrected chi connectivity index (χ0v) is 11.7. The molecule has 0 fully saturated rings. The highest BCUT2D eigenvalue weighted by Gasteiger charge is 2.23. The van der Waals surface area contributed by atoms with Crippen LogP contribution in [0, 0.1) is 6.92 Å². The number of ether oxygens (including phenoxy) is 1. The number of aryl methyl sites for hydroxylation is 1. The molecule has 0 saturated carbocycles. The van der Waals surface area contributed by atoms with Crippen molar-refractivity contribution >= 4 is 27.8 Å². The van der Waals surface area contributed by atoms with Crippen molar-refractivity contribution in [3.63, 3.8) is 0 Å². The highest BCUT2D eigenvalue weighted by atomic mass is 79.9. The number of hydrogen-bond acceptors (Lipinski definition) is 4. The Bertz CT molecular complexity index is 443. The fraction of sp³-hybridized carbons (Fsp3) is 0.455. The number of hydrogen-bond donors (Lipinski definition) is 1. The predicted molar refractivity (Wildman–Crippen MR) is 66.6 cm³/mol. The number of carboxylic acids is 1. The lowest BCUT2D eigenvalue weighted by molar-refractivity contribution is -0.137. The van der Waals surface area contributed by atoms with E-state index in [4.69, 9.17) is 14.3 Å². The molecule has 0 spiro atoms. The number of rotatable bonds is 6. The summed E-state index contributed by atoms with van der Waals surface area (Å²) < 4.78 is 10.5. The maximum Gasteiger partial charge on any atom is 0.323 e. The Kier molecular flexibility index (Phi) is 5.36. The molecule has 0 aromatic carbocycles. The molecule has 0 saturated heterocycles. The molecule has 1 heterocycles. The van der Waals surface area contributed by atoms with E-state index in [-0.39, 0.29) is 25.5 Å². The van der Waals surface area contributed by atoms with Crippen LogP contribution in [0.5, 0.6) is 0 Å². The first-order chi connectivity index (χ1) is 8.45. The third-order valence-electron chi connectivity index (χ3n) is 2.26. The van der Waals surface area contributed by atoms with Gasteiger partial charge >= 0.3 is 5.97 Å². The van der Waals surface area contributed by atoms with E-state index >= 15 is 0 Å². The standard InChI is InChI=1S/C11H14BrNO5/c1-7-5-8(12)18-10(7)11(16)13(3-4-17-2)6-9(14)15/h5H,3-4,6H2,1-2H3,(H,14,15). The number of amides is 1. The summed E-state index contributed by atoms with van der Waals surface area (Å²) in [6.45, 7) is 1.79. The highest BCUT2D eigenvalue weighted by molar-refractivity contribution is 9.10. The minimum absolute atomic E-state index is 0.138. The molecule has 0 atom stereocenters. The lowest BCUT2D eigenvalue weighted by Gasteiger charge is -2.19. The van der Waals surface area contributed by atoms with Gasteiger partial charge in [-0.1, -0.05) is 0 Å². The van der Waals surface area contributed by atoms with E-state index in [1.165, 1.54) is 12.0 Å². The Morgan fingerprint density at radius 3 is 2.67 bits per heavy atom. The number of carbonyl (C=O) groups excluding carboxylic acids is 1. The molecule has 7 heteroatoms. The van der Waals surface area contributed by atoms with Gasteiger partial charge in [-0.25, -0.2) is 0 Å². The molecule has 0 aliphatic carbocycles. The molecular formula is C11H14BrNO5. The van der Waals surface area contributed by atoms with E-state index in [1.807, 2.05) is 0 Å². The van der Waals surface area contributed by atoms with Crippen molar-refractivity contribution in [2.75, 3.05) is 26.8 Å². The van der Waals surface area contributed by atoms with Crippen LogP contribution in [-0.2, 0) is 9.53 Å². The summed E-state index contributed by atoms with van der Waals surface area (Å²) in [6.07, 6.45) is 0. The Labute approximate surface area is 113 Å². The monoisotopic (exact) mass is 319 g/mol. The minimum atomic E-state index is -1.08. The first kappa shape index (κ1) is 14.7. The van der Waals surface area contributed by atoms with Crippen molar-refractivity contribution in [2.24, 2.45) is 0 Å². The van der Waals surface area contributed by atoms with Crippen molar-refractivity contribution in [3.05, 3.63) is 22.1 Å². The maximum atomic E-state index is 12.1. The van der Waals surface area contributed by atoms with Crippen molar-refractivity contribution in [2.45, 2.75) is 6.92 Å². The number of carbonyl (C=O) groups is 2. The lowest BCUT2D eigenvalue weighted by atomic mass is 10.2. The Balaban J connectivity index is 2.87. The molecule has 0 radical (unpaired) electrons. The molecular weight excluding hydrogens is 306 g/mol. The first-order valence-electron chi connectivity index (χ1n) is 5.21. The summed E-state index contributed by atoms with van der Waals surface area (Å²) in [5.74, 6) is -1.40. The van der Waals surface area contributed by atoms with Crippen LogP contribution in [0.3, 0.4) is 0 Å². The summed E-state index contributed by atoms with van der Waals surface area (Å²) in [5, 5.41) is 8.78. The van der Waals surface area contributed by atoms with E-state index < -0.39 is 11.9 Å². The molecule has 0 aliphatic rings. The normalized spacial score (nSPS) is 10.4. The van der Waals surface area contributed by atoms with Crippen molar-refractivity contribution in [3.8, 4) is 0 Å². The number of carboxylic acid groups (broad SMARTS) is 1. The van der Waals surface area contributed by atoms with Gasteiger partial charge in [0.1, 0.15) is 6.54 Å². The number of aliphatic carboxylic acids is 1. The van der Waals surface area contributed by atoms with Crippen LogP contribution in [0.25, 0.3) is 0 Å². The van der Waals surface area contributed by atoms with E-state index in [9.17, 15) is 9.59 Å². The average Bonchev–Trinajstić information content (AvgIpc) is 2.62. The molecule has 1 amide bonds. The Hall–Kier alpha value is -1.34. The molecule has 0 aliphatic heterocycles. The van der Waals surface area contributed by atoms with Gasteiger partial charge in [-0.3, -0.25) is 9.59 Å². The van der Waals surface area contributed by atoms with Gasteiger partial charge in [0.2, 0.25) is 0 Å². The van der Waals surface area contributed by atoms with Gasteiger partial charge in [-0.15, -0.1) is 0 Å². The largest absolute Gasteiger partial charge is 0.480 e. The number of methoxy groups -OCH3 is 1. The molecule has 0 unspecified atom stereocenters. The second-order valence-corrected chi connectivity index (χ2v) is 4.46.